The molecular weight excluding hydrogens is 459 g/mol. The molecular formula is C22H23BrCl2N2O. The highest BCUT2D eigenvalue weighted by molar-refractivity contribution is 9.10. The average molecular weight is 482 g/mol. The standard InChI is InChI=1S/C22H23BrCl2N2O/c1-14-9-17-10-18(23)5-7-21(17)27(14)22(28)16-3-2-8-26(13-16)12-15-4-6-19(24)11-20(15)25/h4-7,10-11,14,16H,2-3,8-9,12-13H2,1H3/t14-,16+/m0/s1. The predicted octanol–water partition coefficient (Wildman–Crippen LogP) is 5.95. The lowest BCUT2D eigenvalue weighted by atomic mass is 9.95. The van der Waals surface area contributed by atoms with E-state index < -0.39 is 0 Å². The van der Waals surface area contributed by atoms with Crippen molar-refractivity contribution in [3.05, 3.63) is 62.0 Å². The molecule has 0 N–H and O–H groups in total. The van der Waals surface area contributed by atoms with Crippen LogP contribution < -0.4 is 4.90 Å². The Labute approximate surface area is 184 Å². The van der Waals surface area contributed by atoms with Gasteiger partial charge in [-0.1, -0.05) is 45.2 Å². The maximum Gasteiger partial charge on any atom is 0.231 e. The normalized spacial score (nSPS) is 22.4. The Balaban J connectivity index is 1.48. The quantitative estimate of drug-likeness (QED) is 0.541. The molecule has 2 heterocycles. The average Bonchev–Trinajstić information content (AvgIpc) is 2.98. The third kappa shape index (κ3) is 4.11. The first-order valence-corrected chi connectivity index (χ1v) is 11.2. The number of likely N-dealkylation sites (tertiary alicyclic amines) is 1. The summed E-state index contributed by atoms with van der Waals surface area (Å²) in [6.45, 7) is 4.65. The van der Waals surface area contributed by atoms with Crippen molar-refractivity contribution in [3.63, 3.8) is 0 Å². The summed E-state index contributed by atoms with van der Waals surface area (Å²) in [5, 5.41) is 1.34. The summed E-state index contributed by atoms with van der Waals surface area (Å²) in [5.74, 6) is 0.275. The fourth-order valence-corrected chi connectivity index (χ4v) is 5.30. The number of hydrogen-bond donors (Lipinski definition) is 0. The first kappa shape index (κ1) is 20.2. The van der Waals surface area contributed by atoms with Crippen molar-refractivity contribution in [2.75, 3.05) is 18.0 Å². The van der Waals surface area contributed by atoms with E-state index in [0.717, 1.165) is 54.6 Å². The number of halogens is 3. The summed E-state index contributed by atoms with van der Waals surface area (Å²) in [6.07, 6.45) is 2.88. The van der Waals surface area contributed by atoms with Crippen LogP contribution in [-0.2, 0) is 17.8 Å². The van der Waals surface area contributed by atoms with E-state index in [1.807, 2.05) is 23.1 Å². The highest BCUT2D eigenvalue weighted by Crippen LogP contribution is 2.36. The van der Waals surface area contributed by atoms with Gasteiger partial charge in [0, 0.05) is 39.3 Å². The number of carbonyl (C=O) groups excluding carboxylic acids is 1. The van der Waals surface area contributed by atoms with Gasteiger partial charge in [0.25, 0.3) is 0 Å². The van der Waals surface area contributed by atoms with E-state index in [1.165, 1.54) is 5.56 Å². The Hall–Kier alpha value is -1.07. The van der Waals surface area contributed by atoms with Gasteiger partial charge < -0.3 is 4.90 Å². The topological polar surface area (TPSA) is 23.6 Å². The van der Waals surface area contributed by atoms with Gasteiger partial charge in [-0.25, -0.2) is 0 Å². The minimum Gasteiger partial charge on any atom is -0.309 e. The number of amides is 1. The second kappa shape index (κ2) is 8.35. The zero-order valence-corrected chi connectivity index (χ0v) is 18.9. The van der Waals surface area contributed by atoms with E-state index >= 15 is 0 Å². The van der Waals surface area contributed by atoms with E-state index in [2.05, 4.69) is 39.9 Å². The molecule has 1 fully saturated rings. The summed E-state index contributed by atoms with van der Waals surface area (Å²) >= 11 is 15.9. The molecule has 1 amide bonds. The summed E-state index contributed by atoms with van der Waals surface area (Å²) in [4.78, 5) is 17.8. The van der Waals surface area contributed by atoms with E-state index in [0.29, 0.717) is 10.0 Å². The lowest BCUT2D eigenvalue weighted by Gasteiger charge is -2.35. The lowest BCUT2D eigenvalue weighted by molar-refractivity contribution is -0.124. The van der Waals surface area contributed by atoms with Gasteiger partial charge in [0.15, 0.2) is 0 Å². The zero-order chi connectivity index (χ0) is 19.8. The molecule has 2 aromatic carbocycles. The third-order valence-electron chi connectivity index (χ3n) is 5.76. The van der Waals surface area contributed by atoms with E-state index in [9.17, 15) is 4.79 Å². The summed E-state index contributed by atoms with van der Waals surface area (Å²) in [6, 6.07) is 12.1. The minimum absolute atomic E-state index is 0.0249. The fraction of sp³-hybridized carbons (Fsp3) is 0.409. The smallest absolute Gasteiger partial charge is 0.231 e. The van der Waals surface area contributed by atoms with Crippen LogP contribution in [0.25, 0.3) is 0 Å². The summed E-state index contributed by atoms with van der Waals surface area (Å²) < 4.78 is 1.07. The van der Waals surface area contributed by atoms with Crippen LogP contribution in [0.15, 0.2) is 40.9 Å². The molecule has 0 unspecified atom stereocenters. The molecule has 1 saturated heterocycles. The number of rotatable bonds is 3. The second-order valence-electron chi connectivity index (χ2n) is 7.84. The van der Waals surface area contributed by atoms with E-state index in [1.54, 1.807) is 6.07 Å². The van der Waals surface area contributed by atoms with Gasteiger partial charge in [-0.2, -0.15) is 0 Å². The van der Waals surface area contributed by atoms with Gasteiger partial charge >= 0.3 is 0 Å². The number of nitrogens with zero attached hydrogens (tertiary/aromatic N) is 2. The van der Waals surface area contributed by atoms with Crippen LogP contribution in [0.3, 0.4) is 0 Å². The van der Waals surface area contributed by atoms with Crippen molar-refractivity contribution in [2.45, 2.75) is 38.8 Å². The van der Waals surface area contributed by atoms with Crippen molar-refractivity contribution in [3.8, 4) is 0 Å². The van der Waals surface area contributed by atoms with Crippen LogP contribution in [0.2, 0.25) is 10.0 Å². The molecule has 4 rings (SSSR count). The molecule has 0 radical (unpaired) electrons. The van der Waals surface area contributed by atoms with Gasteiger partial charge in [-0.15, -0.1) is 0 Å². The molecule has 0 spiro atoms. The number of benzene rings is 2. The Bertz CT molecular complexity index is 904. The van der Waals surface area contributed by atoms with Crippen LogP contribution in [-0.4, -0.2) is 29.9 Å². The molecule has 2 aromatic rings. The van der Waals surface area contributed by atoms with E-state index in [4.69, 9.17) is 23.2 Å². The zero-order valence-electron chi connectivity index (χ0n) is 15.8. The summed E-state index contributed by atoms with van der Waals surface area (Å²) in [7, 11) is 0. The molecule has 2 atom stereocenters. The van der Waals surface area contributed by atoms with Gasteiger partial charge in [0.1, 0.15) is 0 Å². The molecule has 0 bridgehead atoms. The molecule has 28 heavy (non-hydrogen) atoms. The highest BCUT2D eigenvalue weighted by atomic mass is 79.9. The van der Waals surface area contributed by atoms with Crippen molar-refractivity contribution in [1.82, 2.24) is 4.90 Å². The number of hydrogen-bond acceptors (Lipinski definition) is 2. The number of piperidine rings is 1. The summed E-state index contributed by atoms with van der Waals surface area (Å²) in [5.41, 5.74) is 3.37. The molecule has 3 nitrogen and oxygen atoms in total. The monoisotopic (exact) mass is 480 g/mol. The molecule has 6 heteroatoms. The van der Waals surface area contributed by atoms with Gasteiger partial charge in [0.05, 0.1) is 5.92 Å². The van der Waals surface area contributed by atoms with Crippen LogP contribution >= 0.6 is 39.1 Å². The maximum absolute atomic E-state index is 13.4. The number of carbonyl (C=O) groups is 1. The minimum atomic E-state index is 0.0249. The van der Waals surface area contributed by atoms with Crippen molar-refractivity contribution < 1.29 is 4.79 Å². The van der Waals surface area contributed by atoms with Crippen LogP contribution in [0.5, 0.6) is 0 Å². The SMILES string of the molecule is C[C@H]1Cc2cc(Br)ccc2N1C(=O)[C@@H]1CCCN(Cc2ccc(Cl)cc2Cl)C1. The lowest BCUT2D eigenvalue weighted by Crippen LogP contribution is -2.46. The van der Waals surface area contributed by atoms with E-state index in [-0.39, 0.29) is 17.9 Å². The van der Waals surface area contributed by atoms with Crippen molar-refractivity contribution in [2.24, 2.45) is 5.92 Å². The van der Waals surface area contributed by atoms with Crippen LogP contribution in [0.1, 0.15) is 30.9 Å². The fourth-order valence-electron chi connectivity index (χ4n) is 4.42. The highest BCUT2D eigenvalue weighted by Gasteiger charge is 2.36. The van der Waals surface area contributed by atoms with Gasteiger partial charge in [0.2, 0.25) is 5.91 Å². The first-order valence-electron chi connectivity index (χ1n) is 9.70. The molecule has 2 aliphatic heterocycles. The second-order valence-corrected chi connectivity index (χ2v) is 9.60. The predicted molar refractivity (Wildman–Crippen MR) is 119 cm³/mol. The molecule has 0 aliphatic carbocycles. The Morgan fingerprint density at radius 3 is 2.82 bits per heavy atom. The van der Waals surface area contributed by atoms with Crippen molar-refractivity contribution >= 4 is 50.7 Å². The van der Waals surface area contributed by atoms with Crippen LogP contribution in [0.4, 0.5) is 5.69 Å². The first-order chi connectivity index (χ1) is 13.4. The number of fused-ring (bicyclic) bond motifs is 1. The number of anilines is 1. The van der Waals surface area contributed by atoms with Crippen molar-refractivity contribution in [1.29, 1.82) is 0 Å². The Morgan fingerprint density at radius 1 is 1.21 bits per heavy atom. The van der Waals surface area contributed by atoms with Crippen LogP contribution in [0, 0.1) is 5.92 Å². The molecule has 148 valence electrons. The molecule has 2 aliphatic rings. The molecule has 0 saturated carbocycles. The third-order valence-corrected chi connectivity index (χ3v) is 6.84. The Morgan fingerprint density at radius 2 is 2.04 bits per heavy atom. The van der Waals surface area contributed by atoms with Gasteiger partial charge in [-0.05, 0) is 74.2 Å². The van der Waals surface area contributed by atoms with Gasteiger partial charge in [-0.3, -0.25) is 9.69 Å². The Kier molecular flexibility index (Phi) is 6.03. The largest absolute Gasteiger partial charge is 0.309 e. The maximum atomic E-state index is 13.4. The molecule has 0 aromatic heterocycles.